The number of hydrogen-bond donors (Lipinski definition) is 1. The van der Waals surface area contributed by atoms with Crippen molar-refractivity contribution in [1.29, 1.82) is 0 Å². The zero-order valence-electron chi connectivity index (χ0n) is 37.5. The molecule has 12 heteroatoms. The summed E-state index contributed by atoms with van der Waals surface area (Å²) >= 11 is 0. The van der Waals surface area contributed by atoms with Crippen LogP contribution in [0.15, 0.2) is 24.3 Å². The van der Waals surface area contributed by atoms with E-state index in [9.17, 15) is 9.90 Å². The summed E-state index contributed by atoms with van der Waals surface area (Å²) in [7, 11) is -1.42. The highest BCUT2D eigenvalue weighted by atomic mass is 28.4. The van der Waals surface area contributed by atoms with Crippen molar-refractivity contribution in [3.05, 3.63) is 29.8 Å². The number of methoxy groups -OCH3 is 3. The molecule has 0 heterocycles. The minimum Gasteiger partial charge on any atom is -0.497 e. The molecule has 1 aromatic rings. The van der Waals surface area contributed by atoms with Gasteiger partial charge in [0.15, 0.2) is 31.1 Å². The predicted molar refractivity (Wildman–Crippen MR) is 230 cm³/mol. The fourth-order valence-corrected chi connectivity index (χ4v) is 17.7. The van der Waals surface area contributed by atoms with E-state index in [0.717, 1.165) is 42.3 Å². The van der Waals surface area contributed by atoms with Crippen molar-refractivity contribution >= 4 is 30.9 Å². The zero-order valence-corrected chi connectivity index (χ0v) is 40.5. The van der Waals surface area contributed by atoms with Crippen LogP contribution in [0.25, 0.3) is 0 Å². The molecule has 0 spiro atoms. The van der Waals surface area contributed by atoms with Crippen molar-refractivity contribution in [2.75, 3.05) is 27.9 Å². The molecule has 0 amide bonds. The maximum Gasteiger partial charge on any atom is 0.335 e. The summed E-state index contributed by atoms with van der Waals surface area (Å²) in [6, 6.07) is 10.2. The van der Waals surface area contributed by atoms with Crippen LogP contribution < -0.4 is 4.74 Å². The van der Waals surface area contributed by atoms with Gasteiger partial charge in [0.25, 0.3) is 0 Å². The quantitative estimate of drug-likeness (QED) is 0.0654. The minimum absolute atomic E-state index is 0.0358. The number of carboxylic acids is 1. The van der Waals surface area contributed by atoms with Crippen LogP contribution in [0.5, 0.6) is 5.75 Å². The number of ether oxygens (including phenoxy) is 4. The second-order valence-electron chi connectivity index (χ2n) is 17.6. The molecule has 0 aliphatic heterocycles. The molecule has 0 saturated heterocycles. The number of rotatable bonds is 28. The molecular formula is C42H82O9Si3. The molecule has 0 unspecified atom stereocenters. The van der Waals surface area contributed by atoms with Crippen LogP contribution in [-0.4, -0.2) is 94.5 Å². The van der Waals surface area contributed by atoms with Gasteiger partial charge >= 0.3 is 5.97 Å². The van der Waals surface area contributed by atoms with Gasteiger partial charge in [-0.15, -0.1) is 0 Å². The molecule has 0 bridgehead atoms. The third kappa shape index (κ3) is 14.1. The second-order valence-corrected chi connectivity index (χ2v) is 32.5. The fraction of sp³-hybridized carbons (Fsp3) is 0.833. The third-order valence-corrected chi connectivity index (χ3v) is 27.8. The summed E-state index contributed by atoms with van der Waals surface area (Å²) in [5.41, 5.74) is 2.42. The standard InChI is InChI=1S/C42H82O9Si3/c1-18-53(19-2,20-3)50-38(40(41(43)44)48-30-34-23-25-35(45-13)26-24-34)28-27-37(47-15)39(51-52(16,17)42(10,11)12)36(46-14)22-21-29-49-54(31(4)5,32(6)7)33(8)9/h23-26,31-33,36-40H,18-22,27-30H2,1-17H3,(H,43,44)/t36-,37-,38+,39+,40-/m0/s1. The first-order valence-corrected chi connectivity index (χ1v) is 28.3. The Morgan fingerprint density at radius 3 is 1.63 bits per heavy atom. The first-order valence-electron chi connectivity index (χ1n) is 20.7. The van der Waals surface area contributed by atoms with E-state index in [1.54, 1.807) is 21.3 Å². The molecule has 1 aromatic carbocycles. The topological polar surface area (TPSA) is 102 Å². The van der Waals surface area contributed by atoms with Crippen LogP contribution in [-0.2, 0) is 38.9 Å². The van der Waals surface area contributed by atoms with Crippen LogP contribution in [0.4, 0.5) is 0 Å². The molecule has 0 aliphatic rings. The van der Waals surface area contributed by atoms with Crippen LogP contribution in [0.3, 0.4) is 0 Å². The average molecular weight is 815 g/mol. The Labute approximate surface area is 334 Å². The summed E-state index contributed by atoms with van der Waals surface area (Å²) in [5.74, 6) is -0.292. The van der Waals surface area contributed by atoms with Crippen LogP contribution in [0.2, 0.25) is 52.9 Å². The van der Waals surface area contributed by atoms with E-state index in [0.29, 0.717) is 36.1 Å². The number of aliphatic carboxylic acids is 1. The molecule has 9 nitrogen and oxygen atoms in total. The van der Waals surface area contributed by atoms with Gasteiger partial charge in [-0.25, -0.2) is 4.79 Å². The molecule has 0 saturated carbocycles. The van der Waals surface area contributed by atoms with Gasteiger partial charge in [-0.2, -0.15) is 0 Å². The highest BCUT2D eigenvalue weighted by Crippen LogP contribution is 2.43. The lowest BCUT2D eigenvalue weighted by Crippen LogP contribution is -2.53. The Bertz CT molecular complexity index is 1150. The summed E-state index contributed by atoms with van der Waals surface area (Å²) in [4.78, 5) is 13.0. The monoisotopic (exact) mass is 815 g/mol. The second kappa shape index (κ2) is 23.3. The van der Waals surface area contributed by atoms with Crippen molar-refractivity contribution in [1.82, 2.24) is 0 Å². The first kappa shape index (κ1) is 50.9. The fourth-order valence-electron chi connectivity index (χ4n) is 7.94. The number of benzene rings is 1. The van der Waals surface area contributed by atoms with E-state index < -0.39 is 43.1 Å². The maximum atomic E-state index is 13.0. The molecule has 0 aliphatic carbocycles. The van der Waals surface area contributed by atoms with E-state index in [1.165, 1.54) is 0 Å². The summed E-state index contributed by atoms with van der Waals surface area (Å²) in [6.07, 6.45) is -0.199. The SMILES string of the molecule is CC[Si](CC)(CC)O[C@H](CC[C@H](OC)[C@H](O[Si](C)(C)C(C)(C)C)[C@H](CCCO[Si](C(C)C)(C(C)C)C(C)C)OC)[C@H](OCc1ccc(OC)cc1)C(=O)O. The van der Waals surface area contributed by atoms with Gasteiger partial charge in [-0.1, -0.05) is 95.2 Å². The van der Waals surface area contributed by atoms with Crippen LogP contribution in [0.1, 0.15) is 114 Å². The predicted octanol–water partition coefficient (Wildman–Crippen LogP) is 11.2. The Balaban J connectivity index is 3.49. The van der Waals surface area contributed by atoms with E-state index >= 15 is 0 Å². The maximum absolute atomic E-state index is 13.0. The van der Waals surface area contributed by atoms with Crippen LogP contribution >= 0.6 is 0 Å². The van der Waals surface area contributed by atoms with Gasteiger partial charge < -0.3 is 37.3 Å². The van der Waals surface area contributed by atoms with Gasteiger partial charge in [0.2, 0.25) is 0 Å². The van der Waals surface area contributed by atoms with E-state index in [4.69, 9.17) is 32.2 Å². The first-order chi connectivity index (χ1) is 25.1. The summed E-state index contributed by atoms with van der Waals surface area (Å²) < 4.78 is 45.3. The molecule has 1 rings (SSSR count). The zero-order chi connectivity index (χ0) is 41.5. The molecule has 5 atom stereocenters. The average Bonchev–Trinajstić information content (AvgIpc) is 3.10. The molecule has 54 heavy (non-hydrogen) atoms. The molecular weight excluding hydrogens is 733 g/mol. The van der Waals surface area contributed by atoms with Crippen molar-refractivity contribution in [2.24, 2.45) is 0 Å². The largest absolute Gasteiger partial charge is 0.497 e. The smallest absolute Gasteiger partial charge is 0.335 e. The Hall–Kier alpha value is -1.10. The summed E-state index contributed by atoms with van der Waals surface area (Å²) in [5, 5.41) is 10.6. The molecule has 0 radical (unpaired) electrons. The molecule has 0 fully saturated rings. The summed E-state index contributed by atoms with van der Waals surface area (Å²) in [6.45, 7) is 32.5. The van der Waals surface area contributed by atoms with Crippen molar-refractivity contribution in [3.8, 4) is 5.75 Å². The van der Waals surface area contributed by atoms with Gasteiger partial charge in [-0.3, -0.25) is 0 Å². The van der Waals surface area contributed by atoms with Crippen molar-refractivity contribution in [2.45, 2.75) is 199 Å². The van der Waals surface area contributed by atoms with Crippen molar-refractivity contribution < 1.29 is 42.1 Å². The Kier molecular flexibility index (Phi) is 22.0. The van der Waals surface area contributed by atoms with E-state index in [1.807, 2.05) is 24.3 Å². The highest BCUT2D eigenvalue weighted by Gasteiger charge is 2.46. The lowest BCUT2D eigenvalue weighted by atomic mass is 9.97. The minimum atomic E-state index is -2.29. The molecule has 316 valence electrons. The van der Waals surface area contributed by atoms with Gasteiger partial charge in [0.1, 0.15) is 5.75 Å². The van der Waals surface area contributed by atoms with Gasteiger partial charge in [-0.05, 0) is 96.3 Å². The number of hydrogen-bond acceptors (Lipinski definition) is 8. The Morgan fingerprint density at radius 1 is 0.741 bits per heavy atom. The number of carbonyl (C=O) groups is 1. The van der Waals surface area contributed by atoms with Gasteiger partial charge in [0, 0.05) is 20.8 Å². The lowest BCUT2D eigenvalue weighted by Gasteiger charge is -2.44. The van der Waals surface area contributed by atoms with Crippen LogP contribution in [0, 0.1) is 0 Å². The number of carboxylic acid groups (broad SMARTS) is 1. The normalized spacial score (nSPS) is 16.1. The Morgan fingerprint density at radius 2 is 1.22 bits per heavy atom. The lowest BCUT2D eigenvalue weighted by molar-refractivity contribution is -0.160. The highest BCUT2D eigenvalue weighted by molar-refractivity contribution is 6.77. The van der Waals surface area contributed by atoms with E-state index in [2.05, 4.69) is 96.2 Å². The third-order valence-electron chi connectivity index (χ3n) is 12.5. The molecule has 0 aromatic heterocycles. The van der Waals surface area contributed by atoms with E-state index in [-0.39, 0.29) is 30.0 Å². The van der Waals surface area contributed by atoms with Crippen molar-refractivity contribution in [3.63, 3.8) is 0 Å². The van der Waals surface area contributed by atoms with Gasteiger partial charge in [0.05, 0.1) is 38.1 Å². The molecule has 1 N–H and O–H groups in total.